The zero-order valence-corrected chi connectivity index (χ0v) is 14.2. The number of benzene rings is 2. The summed E-state index contributed by atoms with van der Waals surface area (Å²) in [4.78, 5) is 0.256. The molecule has 118 valence electrons. The van der Waals surface area contributed by atoms with E-state index < -0.39 is 9.84 Å². The molecule has 0 bridgehead atoms. The predicted molar refractivity (Wildman–Crippen MR) is 85.4 cm³/mol. The van der Waals surface area contributed by atoms with Crippen molar-refractivity contribution in [1.82, 2.24) is 0 Å². The molecule has 0 fully saturated rings. The van der Waals surface area contributed by atoms with Gasteiger partial charge in [-0.3, -0.25) is 0 Å². The van der Waals surface area contributed by atoms with Crippen molar-refractivity contribution in [2.75, 3.05) is 0 Å². The fourth-order valence-electron chi connectivity index (χ4n) is 2.52. The van der Waals surface area contributed by atoms with Crippen LogP contribution in [0.25, 0.3) is 0 Å². The molecule has 0 saturated heterocycles. The number of sulfone groups is 1. The van der Waals surface area contributed by atoms with E-state index in [0.717, 1.165) is 0 Å². The first-order valence-corrected chi connectivity index (χ1v) is 8.40. The smallest absolute Gasteiger partial charge is 0.207 e. The lowest BCUT2D eigenvalue weighted by Crippen LogP contribution is -2.08. The van der Waals surface area contributed by atoms with Gasteiger partial charge in [-0.15, -0.1) is 0 Å². The van der Waals surface area contributed by atoms with Crippen LogP contribution in [-0.4, -0.2) is 18.6 Å². The van der Waals surface area contributed by atoms with Crippen LogP contribution in [-0.2, 0) is 9.84 Å². The van der Waals surface area contributed by atoms with E-state index in [1.165, 1.54) is 18.2 Å². The van der Waals surface area contributed by atoms with Crippen LogP contribution in [0.4, 0.5) is 0 Å². The molecule has 0 spiro atoms. The lowest BCUT2D eigenvalue weighted by molar-refractivity contribution is 0.465. The molecule has 0 amide bonds. The molecule has 2 N–H and O–H groups in total. The van der Waals surface area contributed by atoms with Crippen LogP contribution in [0.5, 0.6) is 11.5 Å². The average molecular weight is 320 g/mol. The Morgan fingerprint density at radius 3 is 1.86 bits per heavy atom. The van der Waals surface area contributed by atoms with Gasteiger partial charge in [0.05, 0.1) is 9.79 Å². The van der Waals surface area contributed by atoms with Gasteiger partial charge in [0.2, 0.25) is 9.84 Å². The molecular formula is C17H20O4S. The standard InChI is InChI=1S/C17H20O4S/c1-9-6-14(18)8-16(11(9)3)22(20,21)15-7-10(2)17(19)13(5)12(15)4/h6-8,18-19H,1-5H3. The molecule has 0 aliphatic heterocycles. The van der Waals surface area contributed by atoms with Crippen LogP contribution in [0.2, 0.25) is 0 Å². The highest BCUT2D eigenvalue weighted by atomic mass is 32.2. The van der Waals surface area contributed by atoms with Gasteiger partial charge in [-0.05, 0) is 80.6 Å². The summed E-state index contributed by atoms with van der Waals surface area (Å²) < 4.78 is 26.0. The summed E-state index contributed by atoms with van der Waals surface area (Å²) in [5.41, 5.74) is 2.90. The quantitative estimate of drug-likeness (QED) is 0.888. The van der Waals surface area contributed by atoms with Crippen LogP contribution >= 0.6 is 0 Å². The Hall–Kier alpha value is -2.01. The number of aromatic hydroxyl groups is 2. The van der Waals surface area contributed by atoms with E-state index in [1.807, 2.05) is 0 Å². The predicted octanol–water partition coefficient (Wildman–Crippen LogP) is 3.47. The van der Waals surface area contributed by atoms with Crippen molar-refractivity contribution >= 4 is 9.84 Å². The van der Waals surface area contributed by atoms with Gasteiger partial charge in [0.1, 0.15) is 11.5 Å². The summed E-state index contributed by atoms with van der Waals surface area (Å²) in [7, 11) is -3.78. The molecule has 2 aromatic carbocycles. The van der Waals surface area contributed by atoms with Gasteiger partial charge >= 0.3 is 0 Å². The summed E-state index contributed by atoms with van der Waals surface area (Å²) in [6, 6.07) is 4.29. The van der Waals surface area contributed by atoms with E-state index in [4.69, 9.17) is 0 Å². The number of phenolic OH excluding ortho intramolecular Hbond substituents is 2. The Morgan fingerprint density at radius 1 is 0.727 bits per heavy atom. The zero-order chi connectivity index (χ0) is 16.8. The number of aryl methyl sites for hydroxylation is 2. The summed E-state index contributed by atoms with van der Waals surface area (Å²) in [6.07, 6.45) is 0. The average Bonchev–Trinajstić information content (AvgIpc) is 2.44. The monoisotopic (exact) mass is 320 g/mol. The Kier molecular flexibility index (Phi) is 3.96. The Bertz CT molecular complexity index is 865. The molecule has 0 heterocycles. The van der Waals surface area contributed by atoms with Crippen LogP contribution in [0.1, 0.15) is 27.8 Å². The first-order chi connectivity index (χ1) is 10.1. The Morgan fingerprint density at radius 2 is 1.27 bits per heavy atom. The first kappa shape index (κ1) is 16.4. The maximum absolute atomic E-state index is 13.0. The summed E-state index contributed by atoms with van der Waals surface area (Å²) in [5.74, 6) is 0.0341. The molecule has 22 heavy (non-hydrogen) atoms. The van der Waals surface area contributed by atoms with E-state index in [-0.39, 0.29) is 21.3 Å². The van der Waals surface area contributed by atoms with E-state index >= 15 is 0 Å². The van der Waals surface area contributed by atoms with Crippen LogP contribution < -0.4 is 0 Å². The summed E-state index contributed by atoms with van der Waals surface area (Å²) in [5, 5.41) is 19.7. The third kappa shape index (κ3) is 2.46. The van der Waals surface area contributed by atoms with E-state index in [2.05, 4.69) is 0 Å². The van der Waals surface area contributed by atoms with Crippen molar-refractivity contribution < 1.29 is 18.6 Å². The van der Waals surface area contributed by atoms with Crippen LogP contribution in [0.3, 0.4) is 0 Å². The fraction of sp³-hybridized carbons (Fsp3) is 0.294. The first-order valence-electron chi connectivity index (χ1n) is 6.92. The fourth-order valence-corrected chi connectivity index (χ4v) is 4.48. The highest BCUT2D eigenvalue weighted by Crippen LogP contribution is 2.35. The molecule has 0 atom stereocenters. The molecule has 0 radical (unpaired) electrons. The second-order valence-corrected chi connectivity index (χ2v) is 7.57. The third-order valence-electron chi connectivity index (χ3n) is 4.19. The summed E-state index contributed by atoms with van der Waals surface area (Å²) >= 11 is 0. The van der Waals surface area contributed by atoms with Gasteiger partial charge in [-0.2, -0.15) is 0 Å². The molecule has 0 aromatic heterocycles. The van der Waals surface area contributed by atoms with Crippen molar-refractivity contribution in [3.05, 3.63) is 46.0 Å². The topological polar surface area (TPSA) is 74.6 Å². The highest BCUT2D eigenvalue weighted by Gasteiger charge is 2.25. The molecule has 2 rings (SSSR count). The maximum atomic E-state index is 13.0. The van der Waals surface area contributed by atoms with Gasteiger partial charge in [0.25, 0.3) is 0 Å². The number of rotatable bonds is 2. The van der Waals surface area contributed by atoms with Crippen molar-refractivity contribution in [2.24, 2.45) is 0 Å². The Labute approximate surface area is 131 Å². The van der Waals surface area contributed by atoms with E-state index in [0.29, 0.717) is 27.8 Å². The lowest BCUT2D eigenvalue weighted by Gasteiger charge is -2.16. The maximum Gasteiger partial charge on any atom is 0.207 e. The molecule has 2 aromatic rings. The molecule has 0 aliphatic carbocycles. The molecule has 5 heteroatoms. The minimum atomic E-state index is -3.78. The van der Waals surface area contributed by atoms with Crippen molar-refractivity contribution in [3.8, 4) is 11.5 Å². The van der Waals surface area contributed by atoms with Gasteiger partial charge in [0.15, 0.2) is 0 Å². The molecule has 4 nitrogen and oxygen atoms in total. The molecule has 0 aliphatic rings. The Balaban J connectivity index is 2.83. The molecule has 0 saturated carbocycles. The normalized spacial score (nSPS) is 11.7. The minimum Gasteiger partial charge on any atom is -0.508 e. The number of phenols is 2. The van der Waals surface area contributed by atoms with Gasteiger partial charge in [-0.25, -0.2) is 8.42 Å². The minimum absolute atomic E-state index is 0.0773. The highest BCUT2D eigenvalue weighted by molar-refractivity contribution is 7.91. The summed E-state index contributed by atoms with van der Waals surface area (Å²) in [6.45, 7) is 8.51. The molecular weight excluding hydrogens is 300 g/mol. The van der Waals surface area contributed by atoms with Crippen molar-refractivity contribution in [1.29, 1.82) is 0 Å². The molecule has 0 unspecified atom stereocenters. The van der Waals surface area contributed by atoms with E-state index in [1.54, 1.807) is 34.6 Å². The van der Waals surface area contributed by atoms with Crippen LogP contribution in [0, 0.1) is 34.6 Å². The van der Waals surface area contributed by atoms with Crippen molar-refractivity contribution in [2.45, 2.75) is 44.4 Å². The van der Waals surface area contributed by atoms with E-state index in [9.17, 15) is 18.6 Å². The van der Waals surface area contributed by atoms with Gasteiger partial charge in [0, 0.05) is 0 Å². The second-order valence-electron chi connectivity index (χ2n) is 5.68. The van der Waals surface area contributed by atoms with Crippen LogP contribution in [0.15, 0.2) is 28.0 Å². The largest absolute Gasteiger partial charge is 0.508 e. The lowest BCUT2D eigenvalue weighted by atomic mass is 10.1. The van der Waals surface area contributed by atoms with Gasteiger partial charge < -0.3 is 10.2 Å². The SMILES string of the molecule is Cc1cc(O)cc(S(=O)(=O)c2cc(C)c(O)c(C)c2C)c1C. The zero-order valence-electron chi connectivity index (χ0n) is 13.4. The number of hydrogen-bond acceptors (Lipinski definition) is 4. The third-order valence-corrected chi connectivity index (χ3v) is 6.20. The van der Waals surface area contributed by atoms with Crippen molar-refractivity contribution in [3.63, 3.8) is 0 Å². The van der Waals surface area contributed by atoms with Gasteiger partial charge in [-0.1, -0.05) is 0 Å². The second kappa shape index (κ2) is 5.32. The number of hydrogen-bond donors (Lipinski definition) is 2.